The standard InChI is InChI=1S/C13H16BrNO2/c1-8(2)11-7-17-13(15-11)9-4-5-12(16-3)10(14)6-9/h4-6,8,11H,7H2,1-3H3. The Morgan fingerprint density at radius 3 is 2.76 bits per heavy atom. The second-order valence-corrected chi connectivity index (χ2v) is 5.26. The van der Waals surface area contributed by atoms with E-state index in [2.05, 4.69) is 34.8 Å². The van der Waals surface area contributed by atoms with Gasteiger partial charge in [-0.1, -0.05) is 13.8 Å². The molecule has 0 aliphatic carbocycles. The number of halogens is 1. The molecule has 17 heavy (non-hydrogen) atoms. The molecule has 1 unspecified atom stereocenters. The van der Waals surface area contributed by atoms with E-state index in [9.17, 15) is 0 Å². The van der Waals surface area contributed by atoms with Crippen LogP contribution in [0.25, 0.3) is 0 Å². The molecule has 0 bridgehead atoms. The number of nitrogens with zero attached hydrogens (tertiary/aromatic N) is 1. The van der Waals surface area contributed by atoms with Gasteiger partial charge in [0.05, 0.1) is 17.6 Å². The lowest BCUT2D eigenvalue weighted by atomic mass is 10.1. The Bertz CT molecular complexity index is 443. The largest absolute Gasteiger partial charge is 0.496 e. The lowest BCUT2D eigenvalue weighted by molar-refractivity contribution is 0.292. The summed E-state index contributed by atoms with van der Waals surface area (Å²) < 4.78 is 11.7. The van der Waals surface area contributed by atoms with Crippen LogP contribution in [0.4, 0.5) is 0 Å². The van der Waals surface area contributed by atoms with Gasteiger partial charge in [-0.25, -0.2) is 4.99 Å². The molecule has 1 aromatic carbocycles. The van der Waals surface area contributed by atoms with Crippen molar-refractivity contribution >= 4 is 21.8 Å². The van der Waals surface area contributed by atoms with Crippen molar-refractivity contribution in [3.63, 3.8) is 0 Å². The Hall–Kier alpha value is -1.03. The van der Waals surface area contributed by atoms with Crippen molar-refractivity contribution in [1.29, 1.82) is 0 Å². The van der Waals surface area contributed by atoms with E-state index in [1.54, 1.807) is 7.11 Å². The van der Waals surface area contributed by atoms with Crippen molar-refractivity contribution in [2.75, 3.05) is 13.7 Å². The van der Waals surface area contributed by atoms with Crippen LogP contribution in [0.3, 0.4) is 0 Å². The average Bonchev–Trinajstić information content (AvgIpc) is 2.78. The van der Waals surface area contributed by atoms with Crippen molar-refractivity contribution in [2.24, 2.45) is 10.9 Å². The highest BCUT2D eigenvalue weighted by molar-refractivity contribution is 9.10. The van der Waals surface area contributed by atoms with E-state index >= 15 is 0 Å². The highest BCUT2D eigenvalue weighted by atomic mass is 79.9. The molecule has 4 heteroatoms. The summed E-state index contributed by atoms with van der Waals surface area (Å²) in [6, 6.07) is 6.12. The third kappa shape index (κ3) is 2.63. The molecule has 0 saturated heterocycles. The third-order valence-corrected chi connectivity index (χ3v) is 3.46. The molecule has 0 spiro atoms. The van der Waals surface area contributed by atoms with Gasteiger partial charge >= 0.3 is 0 Å². The van der Waals surface area contributed by atoms with Crippen LogP contribution in [0.1, 0.15) is 19.4 Å². The normalized spacial score (nSPS) is 19.1. The first kappa shape index (κ1) is 12.4. The SMILES string of the molecule is COc1ccc(C2=NC(C(C)C)CO2)cc1Br. The molecule has 3 nitrogen and oxygen atoms in total. The molecule has 0 radical (unpaired) electrons. The summed E-state index contributed by atoms with van der Waals surface area (Å²) in [5.74, 6) is 2.05. The van der Waals surface area contributed by atoms with Crippen LogP contribution in [-0.2, 0) is 4.74 Å². The predicted molar refractivity (Wildman–Crippen MR) is 71.8 cm³/mol. The molecular weight excluding hydrogens is 282 g/mol. The first-order valence-corrected chi connectivity index (χ1v) is 6.45. The van der Waals surface area contributed by atoms with Crippen LogP contribution in [0.2, 0.25) is 0 Å². The highest BCUT2D eigenvalue weighted by Crippen LogP contribution is 2.27. The summed E-state index contributed by atoms with van der Waals surface area (Å²) in [5.41, 5.74) is 0.987. The van der Waals surface area contributed by atoms with Crippen LogP contribution < -0.4 is 4.74 Å². The predicted octanol–water partition coefficient (Wildman–Crippen LogP) is 3.26. The molecular formula is C13H16BrNO2. The monoisotopic (exact) mass is 297 g/mol. The molecule has 1 aromatic rings. The minimum absolute atomic E-state index is 0.269. The second-order valence-electron chi connectivity index (χ2n) is 4.41. The number of rotatable bonds is 3. The molecule has 1 aliphatic rings. The Morgan fingerprint density at radius 2 is 2.24 bits per heavy atom. The molecule has 1 atom stereocenters. The number of hydrogen-bond donors (Lipinski definition) is 0. The van der Waals surface area contributed by atoms with Gasteiger partial charge in [0.25, 0.3) is 0 Å². The molecule has 1 heterocycles. The Balaban J connectivity index is 2.24. The van der Waals surface area contributed by atoms with Gasteiger partial charge < -0.3 is 9.47 Å². The molecule has 92 valence electrons. The van der Waals surface area contributed by atoms with Crippen LogP contribution >= 0.6 is 15.9 Å². The highest BCUT2D eigenvalue weighted by Gasteiger charge is 2.23. The summed E-state index contributed by atoms with van der Waals surface area (Å²) >= 11 is 3.46. The number of ether oxygens (including phenoxy) is 2. The van der Waals surface area contributed by atoms with E-state index < -0.39 is 0 Å². The maximum Gasteiger partial charge on any atom is 0.216 e. The van der Waals surface area contributed by atoms with Gasteiger partial charge in [-0.05, 0) is 40.0 Å². The topological polar surface area (TPSA) is 30.8 Å². The van der Waals surface area contributed by atoms with Gasteiger partial charge in [-0.15, -0.1) is 0 Å². The molecule has 0 saturated carbocycles. The van der Waals surface area contributed by atoms with E-state index in [1.807, 2.05) is 18.2 Å². The van der Waals surface area contributed by atoms with Gasteiger partial charge in [0, 0.05) is 5.56 Å². The minimum atomic E-state index is 0.269. The zero-order valence-corrected chi connectivity index (χ0v) is 11.8. The van der Waals surface area contributed by atoms with Crippen molar-refractivity contribution in [2.45, 2.75) is 19.9 Å². The quantitative estimate of drug-likeness (QED) is 0.857. The fourth-order valence-corrected chi connectivity index (χ4v) is 2.23. The smallest absolute Gasteiger partial charge is 0.216 e. The first-order chi connectivity index (χ1) is 8.11. The van der Waals surface area contributed by atoms with Gasteiger partial charge in [0.15, 0.2) is 0 Å². The Morgan fingerprint density at radius 1 is 1.47 bits per heavy atom. The maximum atomic E-state index is 5.63. The van der Waals surface area contributed by atoms with Gasteiger partial charge in [-0.2, -0.15) is 0 Å². The van der Waals surface area contributed by atoms with Crippen LogP contribution in [-0.4, -0.2) is 25.7 Å². The van der Waals surface area contributed by atoms with Crippen molar-refractivity contribution in [3.05, 3.63) is 28.2 Å². The van der Waals surface area contributed by atoms with E-state index in [1.165, 1.54) is 0 Å². The van der Waals surface area contributed by atoms with Crippen LogP contribution in [0, 0.1) is 5.92 Å². The third-order valence-electron chi connectivity index (χ3n) is 2.84. The number of benzene rings is 1. The zero-order chi connectivity index (χ0) is 12.4. The zero-order valence-electron chi connectivity index (χ0n) is 10.2. The molecule has 0 aromatic heterocycles. The van der Waals surface area contributed by atoms with E-state index in [4.69, 9.17) is 9.47 Å². The second kappa shape index (κ2) is 5.08. The molecule has 1 aliphatic heterocycles. The Kier molecular flexibility index (Phi) is 3.72. The Labute approximate surface area is 110 Å². The van der Waals surface area contributed by atoms with Crippen LogP contribution in [0.15, 0.2) is 27.7 Å². The van der Waals surface area contributed by atoms with E-state index in [-0.39, 0.29) is 6.04 Å². The summed E-state index contributed by atoms with van der Waals surface area (Å²) in [5, 5.41) is 0. The lowest BCUT2D eigenvalue weighted by Gasteiger charge is -2.06. The van der Waals surface area contributed by atoms with Gasteiger partial charge in [0.1, 0.15) is 12.4 Å². The fourth-order valence-electron chi connectivity index (χ4n) is 1.69. The molecule has 0 fully saturated rings. The number of methoxy groups -OCH3 is 1. The minimum Gasteiger partial charge on any atom is -0.496 e. The van der Waals surface area contributed by atoms with Gasteiger partial charge in [-0.3, -0.25) is 0 Å². The van der Waals surface area contributed by atoms with Crippen LogP contribution in [0.5, 0.6) is 5.75 Å². The summed E-state index contributed by atoms with van der Waals surface area (Å²) in [4.78, 5) is 4.59. The van der Waals surface area contributed by atoms with Crippen molar-refractivity contribution < 1.29 is 9.47 Å². The first-order valence-electron chi connectivity index (χ1n) is 5.66. The van der Waals surface area contributed by atoms with Crippen molar-refractivity contribution in [3.8, 4) is 5.75 Å². The summed E-state index contributed by atoms with van der Waals surface area (Å²) in [7, 11) is 1.65. The van der Waals surface area contributed by atoms with Gasteiger partial charge in [0.2, 0.25) is 5.90 Å². The average molecular weight is 298 g/mol. The maximum absolute atomic E-state index is 5.63. The lowest BCUT2D eigenvalue weighted by Crippen LogP contribution is -2.13. The molecule has 0 N–H and O–H groups in total. The summed E-state index contributed by atoms with van der Waals surface area (Å²) in [6.07, 6.45) is 0. The molecule has 2 rings (SSSR count). The van der Waals surface area contributed by atoms with Crippen molar-refractivity contribution in [1.82, 2.24) is 0 Å². The number of aliphatic imine (C=N–C) groups is 1. The molecule has 0 amide bonds. The van der Waals surface area contributed by atoms with E-state index in [0.29, 0.717) is 12.5 Å². The van der Waals surface area contributed by atoms with E-state index in [0.717, 1.165) is 21.7 Å². The fraction of sp³-hybridized carbons (Fsp3) is 0.462. The number of hydrogen-bond acceptors (Lipinski definition) is 3. The summed E-state index contributed by atoms with van der Waals surface area (Å²) in [6.45, 7) is 4.99.